The summed E-state index contributed by atoms with van der Waals surface area (Å²) in [5, 5.41) is 0. The van der Waals surface area contributed by atoms with Crippen molar-refractivity contribution in [3.8, 4) is 0 Å². The fourth-order valence-electron chi connectivity index (χ4n) is 2.44. The summed E-state index contributed by atoms with van der Waals surface area (Å²) in [5.41, 5.74) is 6.91. The quantitative estimate of drug-likeness (QED) is 0.344. The van der Waals surface area contributed by atoms with E-state index in [1.54, 1.807) is 0 Å². The molecule has 0 heterocycles. The molecule has 0 saturated carbocycles. The summed E-state index contributed by atoms with van der Waals surface area (Å²) in [6.45, 7) is 2.23. The van der Waals surface area contributed by atoms with Crippen molar-refractivity contribution < 1.29 is 9.53 Å². The predicted octanol–water partition coefficient (Wildman–Crippen LogP) is 4.75. The van der Waals surface area contributed by atoms with Gasteiger partial charge in [-0.1, -0.05) is 75.8 Å². The van der Waals surface area contributed by atoms with Gasteiger partial charge in [-0.25, -0.2) is 4.79 Å². The molecule has 1 aromatic carbocycles. The van der Waals surface area contributed by atoms with E-state index in [4.69, 9.17) is 10.5 Å². The van der Waals surface area contributed by atoms with Gasteiger partial charge in [0.25, 0.3) is 0 Å². The topological polar surface area (TPSA) is 52.3 Å². The Bertz CT molecular complexity index is 442. The summed E-state index contributed by atoms with van der Waals surface area (Å²) in [4.78, 5) is 11.8. The Kier molecular flexibility index (Phi) is 10.9. The zero-order chi connectivity index (χ0) is 16.8. The lowest BCUT2D eigenvalue weighted by Gasteiger charge is -2.09. The van der Waals surface area contributed by atoms with Crippen molar-refractivity contribution in [3.05, 3.63) is 48.2 Å². The fraction of sp³-hybridized carbons (Fsp3) is 0.550. The third kappa shape index (κ3) is 9.90. The Balaban J connectivity index is 2.06. The molecule has 0 aliphatic carbocycles. The van der Waals surface area contributed by atoms with Crippen LogP contribution in [0.4, 0.5) is 0 Å². The summed E-state index contributed by atoms with van der Waals surface area (Å²) in [5.74, 6) is -0.371. The molecule has 0 unspecified atom stereocenters. The van der Waals surface area contributed by atoms with Crippen LogP contribution in [0.1, 0.15) is 63.9 Å². The van der Waals surface area contributed by atoms with E-state index in [1.807, 2.05) is 36.4 Å². The van der Waals surface area contributed by atoms with Gasteiger partial charge in [-0.15, -0.1) is 0 Å². The second-order valence-corrected chi connectivity index (χ2v) is 6.01. The molecular weight excluding hydrogens is 286 g/mol. The number of allylic oxidation sites excluding steroid dienone is 1. The van der Waals surface area contributed by atoms with Crippen LogP contribution < -0.4 is 5.73 Å². The molecule has 3 nitrogen and oxygen atoms in total. The van der Waals surface area contributed by atoms with Gasteiger partial charge in [0.1, 0.15) is 6.04 Å². The second kappa shape index (κ2) is 12.9. The van der Waals surface area contributed by atoms with Gasteiger partial charge in [0.2, 0.25) is 0 Å². The van der Waals surface area contributed by atoms with Gasteiger partial charge in [-0.3, -0.25) is 0 Å². The van der Waals surface area contributed by atoms with Crippen LogP contribution in [0.25, 0.3) is 0 Å². The lowest BCUT2D eigenvalue weighted by Crippen LogP contribution is -2.33. The van der Waals surface area contributed by atoms with Crippen LogP contribution in [0.15, 0.2) is 42.7 Å². The average molecular weight is 317 g/mol. The highest BCUT2D eigenvalue weighted by Crippen LogP contribution is 2.09. The molecule has 0 saturated heterocycles. The minimum absolute atomic E-state index is 0.371. The number of benzene rings is 1. The highest BCUT2D eigenvalue weighted by atomic mass is 16.5. The summed E-state index contributed by atoms with van der Waals surface area (Å²) in [7, 11) is 0. The van der Waals surface area contributed by atoms with Crippen molar-refractivity contribution in [1.82, 2.24) is 0 Å². The number of rotatable bonds is 12. The number of esters is 1. The number of hydrogen-bond acceptors (Lipinski definition) is 3. The van der Waals surface area contributed by atoms with Crippen molar-refractivity contribution in [2.75, 3.05) is 0 Å². The minimum atomic E-state index is -0.611. The van der Waals surface area contributed by atoms with Crippen molar-refractivity contribution in [1.29, 1.82) is 0 Å². The van der Waals surface area contributed by atoms with Crippen molar-refractivity contribution in [2.24, 2.45) is 5.73 Å². The number of ether oxygens (including phenoxy) is 1. The third-order valence-electron chi connectivity index (χ3n) is 3.86. The molecule has 2 N–H and O–H groups in total. The molecule has 0 aromatic heterocycles. The summed E-state index contributed by atoms with van der Waals surface area (Å²) in [6, 6.07) is 9.14. The van der Waals surface area contributed by atoms with E-state index in [2.05, 4.69) is 6.92 Å². The smallest absolute Gasteiger partial charge is 0.328 e. The zero-order valence-electron chi connectivity index (χ0n) is 14.4. The van der Waals surface area contributed by atoms with E-state index in [0.29, 0.717) is 6.42 Å². The van der Waals surface area contributed by atoms with Gasteiger partial charge >= 0.3 is 5.97 Å². The molecule has 0 fully saturated rings. The first-order valence-electron chi connectivity index (χ1n) is 8.89. The van der Waals surface area contributed by atoms with E-state index in [1.165, 1.54) is 44.8 Å². The van der Waals surface area contributed by atoms with Crippen LogP contribution in [-0.4, -0.2) is 12.0 Å². The summed E-state index contributed by atoms with van der Waals surface area (Å²) < 4.78 is 5.09. The van der Waals surface area contributed by atoms with Gasteiger partial charge in [0.15, 0.2) is 0 Å². The van der Waals surface area contributed by atoms with Crippen LogP contribution in [0, 0.1) is 0 Å². The monoisotopic (exact) mass is 317 g/mol. The number of carbonyl (C=O) groups excluding carboxylic acids is 1. The van der Waals surface area contributed by atoms with Gasteiger partial charge in [0.05, 0.1) is 6.26 Å². The molecular formula is C20H31NO2. The molecule has 0 spiro atoms. The van der Waals surface area contributed by atoms with Crippen molar-refractivity contribution in [2.45, 2.75) is 70.8 Å². The van der Waals surface area contributed by atoms with E-state index in [-0.39, 0.29) is 5.97 Å². The zero-order valence-corrected chi connectivity index (χ0v) is 14.4. The molecule has 0 aliphatic heterocycles. The van der Waals surface area contributed by atoms with Crippen LogP contribution in [0.2, 0.25) is 0 Å². The van der Waals surface area contributed by atoms with Gasteiger partial charge in [-0.2, -0.15) is 0 Å². The summed E-state index contributed by atoms with van der Waals surface area (Å²) >= 11 is 0. The van der Waals surface area contributed by atoms with Crippen LogP contribution in [0.5, 0.6) is 0 Å². The van der Waals surface area contributed by atoms with Crippen molar-refractivity contribution >= 4 is 5.97 Å². The number of unbranched alkanes of at least 4 members (excludes halogenated alkanes) is 7. The lowest BCUT2D eigenvalue weighted by molar-refractivity contribution is -0.139. The number of hydrogen-bond donors (Lipinski definition) is 1. The molecule has 0 aliphatic rings. The highest BCUT2D eigenvalue weighted by molar-refractivity contribution is 5.76. The Morgan fingerprint density at radius 1 is 1.09 bits per heavy atom. The maximum Gasteiger partial charge on any atom is 0.328 e. The summed E-state index contributed by atoms with van der Waals surface area (Å²) in [6.07, 6.45) is 13.9. The Morgan fingerprint density at radius 3 is 2.43 bits per heavy atom. The first kappa shape index (κ1) is 19.4. The van der Waals surface area contributed by atoms with Crippen molar-refractivity contribution in [3.63, 3.8) is 0 Å². The maximum atomic E-state index is 11.8. The molecule has 1 aromatic rings. The Morgan fingerprint density at radius 2 is 1.74 bits per heavy atom. The van der Waals surface area contributed by atoms with E-state index in [9.17, 15) is 4.79 Å². The highest BCUT2D eigenvalue weighted by Gasteiger charge is 2.14. The molecule has 1 rings (SSSR count). The standard InChI is InChI=1S/C20H31NO2/c1-2-3-4-5-6-7-8-9-13-16-23-20(22)19(21)17-18-14-11-10-12-15-18/h10-16,19H,2-9,17,21H2,1H3/t19-/m0/s1. The van der Waals surface area contributed by atoms with Gasteiger partial charge in [-0.05, 0) is 30.9 Å². The first-order chi connectivity index (χ1) is 11.2. The number of nitrogens with two attached hydrogens (primary N) is 1. The van der Waals surface area contributed by atoms with Gasteiger partial charge < -0.3 is 10.5 Å². The lowest BCUT2D eigenvalue weighted by atomic mass is 10.1. The van der Waals surface area contributed by atoms with E-state index < -0.39 is 6.04 Å². The Labute approximate surface area is 140 Å². The first-order valence-corrected chi connectivity index (χ1v) is 8.89. The fourth-order valence-corrected chi connectivity index (χ4v) is 2.44. The normalized spacial score (nSPS) is 12.4. The number of carbonyl (C=O) groups is 1. The van der Waals surface area contributed by atoms with Crippen LogP contribution >= 0.6 is 0 Å². The van der Waals surface area contributed by atoms with Gasteiger partial charge in [0, 0.05) is 0 Å². The molecule has 3 heteroatoms. The minimum Gasteiger partial charge on any atom is -0.434 e. The molecule has 0 bridgehead atoms. The second-order valence-electron chi connectivity index (χ2n) is 6.01. The molecule has 1 atom stereocenters. The predicted molar refractivity (Wildman–Crippen MR) is 96.0 cm³/mol. The third-order valence-corrected chi connectivity index (χ3v) is 3.86. The van der Waals surface area contributed by atoms with Crippen LogP contribution in [-0.2, 0) is 16.0 Å². The molecule has 128 valence electrons. The molecule has 23 heavy (non-hydrogen) atoms. The largest absolute Gasteiger partial charge is 0.434 e. The molecule has 0 amide bonds. The maximum absolute atomic E-state index is 11.8. The van der Waals surface area contributed by atoms with Crippen LogP contribution in [0.3, 0.4) is 0 Å². The van der Waals surface area contributed by atoms with E-state index in [0.717, 1.165) is 18.4 Å². The average Bonchev–Trinajstić information content (AvgIpc) is 2.57. The molecule has 0 radical (unpaired) electrons. The SMILES string of the molecule is CCCCCCCCCC=COC(=O)[C@@H](N)Cc1ccccc1. The Hall–Kier alpha value is -1.61. The van der Waals surface area contributed by atoms with E-state index >= 15 is 0 Å².